The van der Waals surface area contributed by atoms with E-state index in [-0.39, 0.29) is 12.2 Å². The lowest BCUT2D eigenvalue weighted by Gasteiger charge is -2.13. The number of anilines is 1. The Balaban J connectivity index is 1.86. The lowest BCUT2D eigenvalue weighted by molar-refractivity contribution is -0.117. The number of halogens is 1. The number of rotatable bonds is 4. The molecule has 0 saturated carbocycles. The van der Waals surface area contributed by atoms with E-state index in [2.05, 4.69) is 11.3 Å². The fraction of sp³-hybridized carbons (Fsp3) is 0.0526. The fourth-order valence-corrected chi connectivity index (χ4v) is 2.57. The van der Waals surface area contributed by atoms with E-state index in [0.29, 0.717) is 22.0 Å². The molecule has 1 aliphatic rings. The Kier molecular flexibility index (Phi) is 4.73. The van der Waals surface area contributed by atoms with Crippen molar-refractivity contribution < 1.29 is 14.3 Å². The molecule has 0 aromatic heterocycles. The monoisotopic (exact) mass is 352 g/mol. The number of hydrogen-bond donors (Lipinski definition) is 1. The molecule has 1 N–H and O–H groups in total. The van der Waals surface area contributed by atoms with Crippen LogP contribution in [0.15, 0.2) is 54.1 Å². The number of terminal acetylenes is 1. The molecular weight excluding hydrogens is 340 g/mol. The summed E-state index contributed by atoms with van der Waals surface area (Å²) in [5.41, 5.74) is 3.75. The first-order chi connectivity index (χ1) is 12.1. The molecule has 3 rings (SSSR count). The molecule has 5 nitrogen and oxygen atoms in total. The Labute approximate surface area is 149 Å². The summed E-state index contributed by atoms with van der Waals surface area (Å²) in [6.07, 6.45) is 6.63. The van der Waals surface area contributed by atoms with Crippen molar-refractivity contribution in [3.63, 3.8) is 0 Å². The second-order valence-electron chi connectivity index (χ2n) is 5.16. The summed E-state index contributed by atoms with van der Waals surface area (Å²) in [6.45, 7) is 0.104. The Hall–Kier alpha value is -3.23. The van der Waals surface area contributed by atoms with Gasteiger partial charge in [0.1, 0.15) is 17.9 Å². The Bertz CT molecular complexity index is 901. The summed E-state index contributed by atoms with van der Waals surface area (Å²) in [5.74, 6) is 1.89. The molecule has 0 unspecified atom stereocenters. The third-order valence-electron chi connectivity index (χ3n) is 3.48. The smallest absolute Gasteiger partial charge is 0.282 e. The summed E-state index contributed by atoms with van der Waals surface area (Å²) >= 11 is 6.13. The first-order valence-electron chi connectivity index (χ1n) is 7.38. The van der Waals surface area contributed by atoms with Gasteiger partial charge in [0.05, 0.1) is 10.7 Å². The minimum absolute atomic E-state index is 0.0252. The van der Waals surface area contributed by atoms with Crippen LogP contribution in [-0.4, -0.2) is 18.4 Å². The van der Waals surface area contributed by atoms with Crippen molar-refractivity contribution >= 4 is 35.2 Å². The summed E-state index contributed by atoms with van der Waals surface area (Å²) in [7, 11) is 0. The van der Waals surface area contributed by atoms with Gasteiger partial charge in [-0.05, 0) is 35.9 Å². The van der Waals surface area contributed by atoms with Gasteiger partial charge in [-0.15, -0.1) is 6.42 Å². The molecule has 1 aliphatic heterocycles. The molecule has 0 atom stereocenters. The lowest BCUT2D eigenvalue weighted by Crippen LogP contribution is -2.35. The van der Waals surface area contributed by atoms with E-state index in [4.69, 9.17) is 22.8 Å². The number of amides is 2. The second kappa shape index (κ2) is 7.12. The van der Waals surface area contributed by atoms with Gasteiger partial charge in [-0.2, -0.15) is 0 Å². The van der Waals surface area contributed by atoms with E-state index in [1.807, 2.05) is 6.07 Å². The number of nitrogens with one attached hydrogen (secondary N) is 1. The number of ether oxygens (including phenoxy) is 1. The number of hydrazine groups is 1. The first-order valence-corrected chi connectivity index (χ1v) is 7.76. The van der Waals surface area contributed by atoms with Crippen molar-refractivity contribution in [3.8, 4) is 18.1 Å². The van der Waals surface area contributed by atoms with Crippen LogP contribution in [0.1, 0.15) is 5.56 Å². The highest BCUT2D eigenvalue weighted by molar-refractivity contribution is 6.33. The second-order valence-corrected chi connectivity index (χ2v) is 5.56. The van der Waals surface area contributed by atoms with Crippen LogP contribution in [-0.2, 0) is 9.59 Å². The van der Waals surface area contributed by atoms with Crippen LogP contribution in [0.4, 0.5) is 5.69 Å². The van der Waals surface area contributed by atoms with Gasteiger partial charge in [-0.3, -0.25) is 15.0 Å². The number of carbonyl (C=O) groups excluding carboxylic acids is 2. The molecule has 25 heavy (non-hydrogen) atoms. The zero-order chi connectivity index (χ0) is 17.8. The zero-order valence-electron chi connectivity index (χ0n) is 13.0. The summed E-state index contributed by atoms with van der Waals surface area (Å²) in [4.78, 5) is 24.7. The van der Waals surface area contributed by atoms with Crippen molar-refractivity contribution in [2.45, 2.75) is 0 Å². The van der Waals surface area contributed by atoms with Crippen LogP contribution < -0.4 is 15.2 Å². The molecule has 0 aliphatic carbocycles. The third-order valence-corrected chi connectivity index (χ3v) is 3.78. The van der Waals surface area contributed by atoms with Gasteiger partial charge in [0.15, 0.2) is 0 Å². The molecule has 0 spiro atoms. The maximum Gasteiger partial charge on any atom is 0.282 e. The highest BCUT2D eigenvalue weighted by atomic mass is 35.5. The average molecular weight is 353 g/mol. The van der Waals surface area contributed by atoms with Gasteiger partial charge in [0.2, 0.25) is 0 Å². The Morgan fingerprint density at radius 1 is 1.20 bits per heavy atom. The van der Waals surface area contributed by atoms with Crippen LogP contribution in [0.3, 0.4) is 0 Å². The summed E-state index contributed by atoms with van der Waals surface area (Å²) in [6, 6.07) is 13.8. The maximum atomic E-state index is 12.5. The number of benzene rings is 2. The van der Waals surface area contributed by atoms with Crippen molar-refractivity contribution in [1.29, 1.82) is 0 Å². The minimum Gasteiger partial charge on any atom is -0.479 e. The highest BCUT2D eigenvalue weighted by Crippen LogP contribution is 2.27. The molecule has 6 heteroatoms. The van der Waals surface area contributed by atoms with Gasteiger partial charge >= 0.3 is 0 Å². The van der Waals surface area contributed by atoms with E-state index in [1.165, 1.54) is 11.1 Å². The lowest BCUT2D eigenvalue weighted by atomic mass is 10.1. The molecule has 0 radical (unpaired) electrons. The van der Waals surface area contributed by atoms with Gasteiger partial charge in [-0.25, -0.2) is 5.01 Å². The molecule has 124 valence electrons. The number of para-hydroxylation sites is 1. The van der Waals surface area contributed by atoms with E-state index >= 15 is 0 Å². The van der Waals surface area contributed by atoms with Gasteiger partial charge in [0, 0.05) is 0 Å². The van der Waals surface area contributed by atoms with Crippen molar-refractivity contribution in [1.82, 2.24) is 5.43 Å². The molecule has 0 bridgehead atoms. The number of hydrogen-bond acceptors (Lipinski definition) is 3. The maximum absolute atomic E-state index is 12.5. The summed E-state index contributed by atoms with van der Waals surface area (Å²) < 4.78 is 5.28. The molecule has 1 fully saturated rings. The average Bonchev–Trinajstić information content (AvgIpc) is 2.90. The number of carbonyl (C=O) groups is 2. The molecule has 1 heterocycles. The van der Waals surface area contributed by atoms with E-state index in [0.717, 1.165) is 0 Å². The van der Waals surface area contributed by atoms with Gasteiger partial charge < -0.3 is 4.74 Å². The summed E-state index contributed by atoms with van der Waals surface area (Å²) in [5, 5.41) is 1.55. The van der Waals surface area contributed by atoms with Crippen LogP contribution in [0, 0.1) is 12.3 Å². The number of nitrogens with zero attached hydrogens (tertiary/aromatic N) is 1. The fourth-order valence-electron chi connectivity index (χ4n) is 2.33. The largest absolute Gasteiger partial charge is 0.479 e. The predicted octanol–water partition coefficient (Wildman–Crippen LogP) is 2.81. The first kappa shape index (κ1) is 16.6. The van der Waals surface area contributed by atoms with Gasteiger partial charge in [-0.1, -0.05) is 41.8 Å². The van der Waals surface area contributed by atoms with Gasteiger partial charge in [0.25, 0.3) is 11.8 Å². The van der Waals surface area contributed by atoms with Crippen molar-refractivity contribution in [2.24, 2.45) is 0 Å². The van der Waals surface area contributed by atoms with E-state index in [9.17, 15) is 9.59 Å². The van der Waals surface area contributed by atoms with Crippen molar-refractivity contribution in [3.05, 3.63) is 64.7 Å². The SMILES string of the molecule is C#CCOc1ccc(C=C2C(=O)NN(c3ccccc3)C2=O)cc1Cl. The Morgan fingerprint density at radius 3 is 2.64 bits per heavy atom. The quantitative estimate of drug-likeness (QED) is 0.523. The normalized spacial score (nSPS) is 15.2. The minimum atomic E-state index is -0.474. The Morgan fingerprint density at radius 2 is 1.96 bits per heavy atom. The standard InChI is InChI=1S/C19H13ClN2O3/c1-2-10-25-17-9-8-13(12-16(17)20)11-15-18(23)21-22(19(15)24)14-6-4-3-5-7-14/h1,3-9,11-12H,10H2,(H,21,23). The van der Waals surface area contributed by atoms with Crippen LogP contribution in [0.2, 0.25) is 5.02 Å². The van der Waals surface area contributed by atoms with Crippen LogP contribution in [0.5, 0.6) is 5.75 Å². The molecular formula is C19H13ClN2O3. The predicted molar refractivity (Wildman–Crippen MR) is 95.8 cm³/mol. The molecule has 2 aromatic rings. The van der Waals surface area contributed by atoms with E-state index in [1.54, 1.807) is 42.5 Å². The van der Waals surface area contributed by atoms with Crippen LogP contribution >= 0.6 is 11.6 Å². The van der Waals surface area contributed by atoms with E-state index < -0.39 is 11.8 Å². The zero-order valence-corrected chi connectivity index (χ0v) is 13.8. The van der Waals surface area contributed by atoms with Crippen molar-refractivity contribution in [2.75, 3.05) is 11.6 Å². The highest BCUT2D eigenvalue weighted by Gasteiger charge is 2.34. The third kappa shape index (κ3) is 3.49. The molecule has 1 saturated heterocycles. The molecule has 2 aromatic carbocycles. The molecule has 2 amide bonds. The van der Waals surface area contributed by atoms with Crippen LogP contribution in [0.25, 0.3) is 6.08 Å². The topological polar surface area (TPSA) is 58.6 Å².